The Morgan fingerprint density at radius 1 is 1.11 bits per heavy atom. The van der Waals surface area contributed by atoms with Gasteiger partial charge in [-0.2, -0.15) is 0 Å². The number of hydrogen-bond acceptors (Lipinski definition) is 3. The van der Waals surface area contributed by atoms with Crippen molar-refractivity contribution in [3.63, 3.8) is 0 Å². The number of nitrogens with zero attached hydrogens (tertiary/aromatic N) is 3. The van der Waals surface area contributed by atoms with E-state index in [1.165, 1.54) is 4.68 Å². The van der Waals surface area contributed by atoms with Gasteiger partial charge in [-0.3, -0.25) is 4.79 Å². The average molecular weight is 363 g/mol. The largest absolute Gasteiger partial charge is 0.277 e. The molecule has 0 aliphatic heterocycles. The lowest BCUT2D eigenvalue weighted by Crippen LogP contribution is -2.24. The van der Waals surface area contributed by atoms with Crippen LogP contribution in [0.1, 0.15) is 5.56 Å². The molecular formula is C14H10IN3O. The van der Waals surface area contributed by atoms with E-state index >= 15 is 0 Å². The third-order valence-corrected chi connectivity index (χ3v) is 3.53. The zero-order valence-electron chi connectivity index (χ0n) is 9.95. The molecule has 1 aromatic heterocycles. The summed E-state index contributed by atoms with van der Waals surface area (Å²) < 4.78 is 2.41. The fourth-order valence-corrected chi connectivity index (χ4v) is 2.40. The van der Waals surface area contributed by atoms with Crippen LogP contribution in [0.3, 0.4) is 0 Å². The summed E-state index contributed by atoms with van der Waals surface area (Å²) in [7, 11) is 0. The quantitative estimate of drug-likeness (QED) is 0.658. The van der Waals surface area contributed by atoms with Crippen LogP contribution < -0.4 is 5.56 Å². The molecule has 19 heavy (non-hydrogen) atoms. The highest BCUT2D eigenvalue weighted by Crippen LogP contribution is 2.11. The molecular weight excluding hydrogens is 353 g/mol. The maximum absolute atomic E-state index is 12.3. The van der Waals surface area contributed by atoms with Crippen LogP contribution in [0.2, 0.25) is 0 Å². The van der Waals surface area contributed by atoms with Gasteiger partial charge in [-0.15, -0.1) is 5.10 Å². The summed E-state index contributed by atoms with van der Waals surface area (Å²) in [6.07, 6.45) is 0. The van der Waals surface area contributed by atoms with Gasteiger partial charge in [0.15, 0.2) is 0 Å². The molecule has 0 aliphatic carbocycles. The van der Waals surface area contributed by atoms with Gasteiger partial charge in [0.1, 0.15) is 5.52 Å². The summed E-state index contributed by atoms with van der Waals surface area (Å²) >= 11 is 2.18. The predicted octanol–water partition coefficient (Wildman–Crippen LogP) is 2.44. The number of hydrogen-bond donors (Lipinski definition) is 0. The molecule has 0 atom stereocenters. The molecule has 0 N–H and O–H groups in total. The lowest BCUT2D eigenvalue weighted by atomic mass is 10.2. The second-order valence-electron chi connectivity index (χ2n) is 4.20. The Morgan fingerprint density at radius 3 is 2.68 bits per heavy atom. The van der Waals surface area contributed by atoms with Crippen LogP contribution in [0.4, 0.5) is 0 Å². The standard InChI is InChI=1S/C14H10IN3O/c15-11-6-7-13-12(8-11)14(19)18(17-16-13)9-10-4-2-1-3-5-10/h1-8H,9H2. The smallest absolute Gasteiger partial charge is 0.267 e. The van der Waals surface area contributed by atoms with Gasteiger partial charge in [0.05, 0.1) is 11.9 Å². The maximum Gasteiger partial charge on any atom is 0.277 e. The Kier molecular flexibility index (Phi) is 3.29. The van der Waals surface area contributed by atoms with Gasteiger partial charge in [0.25, 0.3) is 5.56 Å². The first kappa shape index (κ1) is 12.3. The summed E-state index contributed by atoms with van der Waals surface area (Å²) in [5, 5.41) is 8.68. The van der Waals surface area contributed by atoms with Crippen molar-refractivity contribution in [1.82, 2.24) is 15.0 Å². The van der Waals surface area contributed by atoms with Crippen LogP contribution in [0.25, 0.3) is 10.9 Å². The number of halogens is 1. The number of benzene rings is 2. The molecule has 0 amide bonds. The fourth-order valence-electron chi connectivity index (χ4n) is 1.91. The molecule has 0 fully saturated rings. The Balaban J connectivity index is 2.10. The van der Waals surface area contributed by atoms with Gasteiger partial charge in [-0.05, 0) is 46.4 Å². The Bertz CT molecular complexity index is 784. The minimum atomic E-state index is -0.104. The molecule has 0 unspecified atom stereocenters. The summed E-state index contributed by atoms with van der Waals surface area (Å²) in [4.78, 5) is 12.3. The van der Waals surface area contributed by atoms with E-state index in [-0.39, 0.29) is 5.56 Å². The van der Waals surface area contributed by atoms with Crippen LogP contribution in [0.15, 0.2) is 53.3 Å². The van der Waals surface area contributed by atoms with Crippen molar-refractivity contribution in [1.29, 1.82) is 0 Å². The second kappa shape index (κ2) is 5.08. The lowest BCUT2D eigenvalue weighted by molar-refractivity contribution is 0.600. The van der Waals surface area contributed by atoms with Crippen molar-refractivity contribution < 1.29 is 0 Å². The highest BCUT2D eigenvalue weighted by Gasteiger charge is 2.06. The Labute approximate surface area is 123 Å². The second-order valence-corrected chi connectivity index (χ2v) is 5.44. The highest BCUT2D eigenvalue weighted by molar-refractivity contribution is 14.1. The molecule has 1 heterocycles. The summed E-state index contributed by atoms with van der Waals surface area (Å²) in [5.41, 5.74) is 1.56. The van der Waals surface area contributed by atoms with Gasteiger partial charge in [0, 0.05) is 3.57 Å². The number of fused-ring (bicyclic) bond motifs is 1. The van der Waals surface area contributed by atoms with Crippen LogP contribution in [0, 0.1) is 3.57 Å². The van der Waals surface area contributed by atoms with Crippen LogP contribution in [0.5, 0.6) is 0 Å². The van der Waals surface area contributed by atoms with E-state index in [1.54, 1.807) is 0 Å². The Morgan fingerprint density at radius 2 is 1.89 bits per heavy atom. The van der Waals surface area contributed by atoms with Gasteiger partial charge < -0.3 is 0 Å². The molecule has 0 saturated heterocycles. The summed E-state index contributed by atoms with van der Waals surface area (Å²) in [6, 6.07) is 15.3. The minimum Gasteiger partial charge on any atom is -0.267 e. The first-order chi connectivity index (χ1) is 9.24. The first-order valence-electron chi connectivity index (χ1n) is 5.81. The normalized spacial score (nSPS) is 10.8. The van der Waals surface area contributed by atoms with Crippen molar-refractivity contribution >= 4 is 33.5 Å². The van der Waals surface area contributed by atoms with Crippen molar-refractivity contribution in [2.24, 2.45) is 0 Å². The molecule has 0 aliphatic rings. The van der Waals surface area contributed by atoms with Crippen LogP contribution in [-0.4, -0.2) is 15.0 Å². The third kappa shape index (κ3) is 2.51. The number of aromatic nitrogens is 3. The predicted molar refractivity (Wildman–Crippen MR) is 82.1 cm³/mol. The Hall–Kier alpha value is -1.76. The van der Waals surface area contributed by atoms with E-state index in [0.717, 1.165) is 9.13 Å². The molecule has 0 bridgehead atoms. The molecule has 0 radical (unpaired) electrons. The molecule has 94 valence electrons. The van der Waals surface area contributed by atoms with Crippen LogP contribution >= 0.6 is 22.6 Å². The first-order valence-corrected chi connectivity index (χ1v) is 6.89. The van der Waals surface area contributed by atoms with Gasteiger partial charge in [-0.25, -0.2) is 4.68 Å². The molecule has 5 heteroatoms. The third-order valence-electron chi connectivity index (χ3n) is 2.86. The van der Waals surface area contributed by atoms with Crippen molar-refractivity contribution in [2.75, 3.05) is 0 Å². The summed E-state index contributed by atoms with van der Waals surface area (Å²) in [6.45, 7) is 0.439. The minimum absolute atomic E-state index is 0.104. The summed E-state index contributed by atoms with van der Waals surface area (Å²) in [5.74, 6) is 0. The topological polar surface area (TPSA) is 47.8 Å². The van der Waals surface area contributed by atoms with E-state index in [9.17, 15) is 4.79 Å². The van der Waals surface area contributed by atoms with E-state index in [1.807, 2.05) is 48.5 Å². The van der Waals surface area contributed by atoms with Gasteiger partial charge in [0.2, 0.25) is 0 Å². The van der Waals surface area contributed by atoms with Crippen molar-refractivity contribution in [2.45, 2.75) is 6.54 Å². The van der Waals surface area contributed by atoms with E-state index in [4.69, 9.17) is 0 Å². The monoisotopic (exact) mass is 363 g/mol. The molecule has 0 saturated carbocycles. The molecule has 0 spiro atoms. The van der Waals surface area contributed by atoms with E-state index < -0.39 is 0 Å². The highest BCUT2D eigenvalue weighted by atomic mass is 127. The van der Waals surface area contributed by atoms with Crippen LogP contribution in [-0.2, 0) is 6.54 Å². The van der Waals surface area contributed by atoms with Gasteiger partial charge >= 0.3 is 0 Å². The van der Waals surface area contributed by atoms with E-state index in [2.05, 4.69) is 32.9 Å². The van der Waals surface area contributed by atoms with E-state index in [0.29, 0.717) is 17.4 Å². The van der Waals surface area contributed by atoms with Gasteiger partial charge in [-0.1, -0.05) is 35.5 Å². The average Bonchev–Trinajstić information content (AvgIpc) is 2.44. The number of rotatable bonds is 2. The maximum atomic E-state index is 12.3. The van der Waals surface area contributed by atoms with Crippen molar-refractivity contribution in [3.8, 4) is 0 Å². The zero-order valence-corrected chi connectivity index (χ0v) is 12.1. The molecule has 3 rings (SSSR count). The molecule has 2 aromatic carbocycles. The lowest BCUT2D eigenvalue weighted by Gasteiger charge is -2.05. The van der Waals surface area contributed by atoms with Crippen molar-refractivity contribution in [3.05, 3.63) is 68.0 Å². The fraction of sp³-hybridized carbons (Fsp3) is 0.0714. The zero-order chi connectivity index (χ0) is 13.2. The molecule has 3 aromatic rings. The molecule has 4 nitrogen and oxygen atoms in total. The SMILES string of the molecule is O=c1c2cc(I)ccc2nnn1Cc1ccccc1.